The summed E-state index contributed by atoms with van der Waals surface area (Å²) in [6, 6.07) is 21.0. The number of hydrogen-bond donors (Lipinski definition) is 1. The van der Waals surface area contributed by atoms with Gasteiger partial charge in [-0.15, -0.1) is 0 Å². The van der Waals surface area contributed by atoms with Gasteiger partial charge in [0.2, 0.25) is 21.3 Å². The average Bonchev–Trinajstić information content (AvgIpc) is 2.82. The van der Waals surface area contributed by atoms with Crippen LogP contribution in [0, 0.1) is 13.8 Å². The zero-order valence-corrected chi connectivity index (χ0v) is 19.6. The minimum absolute atomic E-state index is 0.0285. The van der Waals surface area contributed by atoms with Crippen LogP contribution in [0.5, 0.6) is 0 Å². The summed E-state index contributed by atoms with van der Waals surface area (Å²) in [5.74, 6) is 0.0285. The molecule has 2 N–H and O–H groups in total. The van der Waals surface area contributed by atoms with Crippen LogP contribution in [-0.2, 0) is 16.4 Å². The Hall–Kier alpha value is -4.04. The van der Waals surface area contributed by atoms with Crippen molar-refractivity contribution < 1.29 is 13.0 Å². The molecule has 0 fully saturated rings. The third-order valence-corrected chi connectivity index (χ3v) is 7.70. The van der Waals surface area contributed by atoms with Crippen molar-refractivity contribution in [1.82, 2.24) is 9.38 Å². The summed E-state index contributed by atoms with van der Waals surface area (Å²) in [5.41, 5.74) is 9.87. The van der Waals surface area contributed by atoms with E-state index in [9.17, 15) is 13.2 Å². The number of nitrogen functional groups attached to an aromatic ring is 1. The fourth-order valence-electron chi connectivity index (χ4n) is 3.97. The minimum atomic E-state index is -3.99. The molecule has 5 rings (SSSR count). The number of benzene rings is 2. The minimum Gasteiger partial charge on any atom is -0.317 e. The molecule has 3 heterocycles. The van der Waals surface area contributed by atoms with E-state index >= 15 is 0 Å². The predicted molar refractivity (Wildman–Crippen MR) is 130 cm³/mol. The van der Waals surface area contributed by atoms with Gasteiger partial charge in [0.05, 0.1) is 11.4 Å². The molecule has 0 atom stereocenters. The van der Waals surface area contributed by atoms with Gasteiger partial charge < -0.3 is 5.73 Å². The molecule has 0 spiro atoms. The van der Waals surface area contributed by atoms with E-state index in [-0.39, 0.29) is 33.1 Å². The fraction of sp³-hybridized carbons (Fsp3) is 0.115. The van der Waals surface area contributed by atoms with Gasteiger partial charge in [-0.25, -0.2) is 13.0 Å². The first-order valence-corrected chi connectivity index (χ1v) is 12.2. The SMILES string of the molecule is Cc1ccc(C[n+]2c(N)c(S(=O)(=O)c3ccc(C)cc3)cc3c(=O)n4ccccc4nc32)cc1. The third kappa shape index (κ3) is 3.62. The lowest BCUT2D eigenvalue weighted by Crippen LogP contribution is -2.42. The lowest BCUT2D eigenvalue weighted by molar-refractivity contribution is -0.651. The molecule has 34 heavy (non-hydrogen) atoms. The molecule has 3 aromatic heterocycles. The van der Waals surface area contributed by atoms with E-state index in [1.807, 2.05) is 38.1 Å². The Kier molecular flexibility index (Phi) is 5.17. The van der Waals surface area contributed by atoms with Crippen molar-refractivity contribution in [3.63, 3.8) is 0 Å². The maximum absolute atomic E-state index is 13.6. The Morgan fingerprint density at radius 2 is 1.59 bits per heavy atom. The van der Waals surface area contributed by atoms with Gasteiger partial charge in [-0.3, -0.25) is 9.20 Å². The van der Waals surface area contributed by atoms with Crippen molar-refractivity contribution in [2.45, 2.75) is 30.2 Å². The predicted octanol–water partition coefficient (Wildman–Crippen LogP) is 3.22. The van der Waals surface area contributed by atoms with Gasteiger partial charge >= 0.3 is 0 Å². The van der Waals surface area contributed by atoms with Gasteiger partial charge in [-0.1, -0.05) is 58.6 Å². The van der Waals surface area contributed by atoms with Gasteiger partial charge in [0.25, 0.3) is 11.2 Å². The molecular formula is C26H23N4O3S+. The fourth-order valence-corrected chi connectivity index (χ4v) is 5.38. The van der Waals surface area contributed by atoms with Crippen LogP contribution >= 0.6 is 0 Å². The Bertz CT molecular complexity index is 1720. The number of aryl methyl sites for hydroxylation is 2. The number of nitrogens with zero attached hydrogens (tertiary/aromatic N) is 3. The van der Waals surface area contributed by atoms with Crippen molar-refractivity contribution in [3.05, 3.63) is 106 Å². The maximum Gasteiger partial charge on any atom is 0.278 e. The lowest BCUT2D eigenvalue weighted by Gasteiger charge is -2.13. The highest BCUT2D eigenvalue weighted by Crippen LogP contribution is 2.27. The van der Waals surface area contributed by atoms with E-state index in [0.717, 1.165) is 16.7 Å². The summed E-state index contributed by atoms with van der Waals surface area (Å²) in [6.45, 7) is 4.13. The average molecular weight is 472 g/mol. The molecule has 0 saturated heterocycles. The first kappa shape index (κ1) is 21.8. The normalized spacial score (nSPS) is 11.8. The van der Waals surface area contributed by atoms with Crippen LogP contribution in [-0.4, -0.2) is 17.8 Å². The van der Waals surface area contributed by atoms with Gasteiger partial charge in [0.15, 0.2) is 0 Å². The topological polar surface area (TPSA) is 98.4 Å². The number of sulfone groups is 1. The Morgan fingerprint density at radius 1 is 0.941 bits per heavy atom. The van der Waals surface area contributed by atoms with Gasteiger partial charge in [-0.05, 0) is 49.7 Å². The molecule has 0 unspecified atom stereocenters. The molecule has 0 aliphatic carbocycles. The number of fused-ring (bicyclic) bond motifs is 2. The van der Waals surface area contributed by atoms with E-state index in [4.69, 9.17) is 5.73 Å². The molecule has 7 nitrogen and oxygen atoms in total. The third-order valence-electron chi connectivity index (χ3n) is 5.91. The van der Waals surface area contributed by atoms with Crippen molar-refractivity contribution in [2.75, 3.05) is 5.73 Å². The van der Waals surface area contributed by atoms with Crippen molar-refractivity contribution in [1.29, 1.82) is 0 Å². The van der Waals surface area contributed by atoms with Crippen LogP contribution in [0.4, 0.5) is 5.82 Å². The quantitative estimate of drug-likeness (QED) is 0.321. The van der Waals surface area contributed by atoms with Gasteiger partial charge in [0, 0.05) is 6.20 Å². The van der Waals surface area contributed by atoms with E-state index < -0.39 is 9.84 Å². The molecule has 0 saturated carbocycles. The molecule has 8 heteroatoms. The highest BCUT2D eigenvalue weighted by Gasteiger charge is 2.29. The molecule has 2 aromatic carbocycles. The van der Waals surface area contributed by atoms with Crippen LogP contribution in [0.3, 0.4) is 0 Å². The first-order chi connectivity index (χ1) is 16.3. The van der Waals surface area contributed by atoms with Crippen LogP contribution in [0.2, 0.25) is 0 Å². The van der Waals surface area contributed by atoms with E-state index in [1.165, 1.54) is 10.5 Å². The molecular weight excluding hydrogens is 448 g/mol. The van der Waals surface area contributed by atoms with E-state index in [2.05, 4.69) is 4.98 Å². The summed E-state index contributed by atoms with van der Waals surface area (Å²) < 4.78 is 30.2. The number of pyridine rings is 2. The van der Waals surface area contributed by atoms with Crippen LogP contribution in [0.25, 0.3) is 16.7 Å². The van der Waals surface area contributed by atoms with Crippen molar-refractivity contribution >= 4 is 32.3 Å². The van der Waals surface area contributed by atoms with Crippen LogP contribution in [0.15, 0.2) is 93.6 Å². The molecule has 170 valence electrons. The summed E-state index contributed by atoms with van der Waals surface area (Å²) >= 11 is 0. The second-order valence-corrected chi connectivity index (χ2v) is 10.3. The Morgan fingerprint density at radius 3 is 2.26 bits per heavy atom. The zero-order chi connectivity index (χ0) is 24.0. The largest absolute Gasteiger partial charge is 0.317 e. The number of rotatable bonds is 4. The van der Waals surface area contributed by atoms with Gasteiger partial charge in [-0.2, -0.15) is 0 Å². The second-order valence-electron chi connectivity index (χ2n) is 8.37. The molecule has 0 amide bonds. The van der Waals surface area contributed by atoms with Gasteiger partial charge in [0.1, 0.15) is 10.3 Å². The number of hydrogen-bond acceptors (Lipinski definition) is 5. The van der Waals surface area contributed by atoms with Crippen molar-refractivity contribution in [3.8, 4) is 0 Å². The standard InChI is InChI=1S/C26H22N4O3S/c1-17-6-10-19(11-7-17)16-30-24(27)22(34(32,33)20-12-8-18(2)9-13-20)15-21-25(30)28-23-5-3-4-14-29(23)26(21)31/h3-15,27H,16H2,1-2H3/p+1. The highest BCUT2D eigenvalue weighted by atomic mass is 32.2. The lowest BCUT2D eigenvalue weighted by atomic mass is 10.1. The summed E-state index contributed by atoms with van der Waals surface area (Å²) in [7, 11) is -3.99. The van der Waals surface area contributed by atoms with E-state index in [1.54, 1.807) is 53.2 Å². The van der Waals surface area contributed by atoms with Crippen LogP contribution < -0.4 is 15.9 Å². The zero-order valence-electron chi connectivity index (χ0n) is 18.8. The number of anilines is 1. The second kappa shape index (κ2) is 8.07. The highest BCUT2D eigenvalue weighted by molar-refractivity contribution is 7.91. The summed E-state index contributed by atoms with van der Waals surface area (Å²) in [6.07, 6.45) is 1.61. The molecule has 0 radical (unpaired) electrons. The number of nitrogens with two attached hydrogens (primary N) is 1. The smallest absolute Gasteiger partial charge is 0.278 e. The summed E-state index contributed by atoms with van der Waals surface area (Å²) in [5, 5.41) is 0.177. The molecule has 0 aliphatic rings. The Balaban J connectivity index is 1.85. The van der Waals surface area contributed by atoms with Crippen LogP contribution in [0.1, 0.15) is 16.7 Å². The molecule has 5 aromatic rings. The first-order valence-electron chi connectivity index (χ1n) is 10.8. The Labute approximate surface area is 196 Å². The molecule has 0 bridgehead atoms. The van der Waals surface area contributed by atoms with Crippen molar-refractivity contribution in [2.24, 2.45) is 0 Å². The summed E-state index contributed by atoms with van der Waals surface area (Å²) in [4.78, 5) is 18.0. The molecule has 0 aliphatic heterocycles. The monoisotopic (exact) mass is 471 g/mol. The maximum atomic E-state index is 13.6. The van der Waals surface area contributed by atoms with E-state index in [0.29, 0.717) is 11.3 Å². The number of aromatic nitrogens is 3.